The van der Waals surface area contributed by atoms with Crippen molar-refractivity contribution in [3.63, 3.8) is 0 Å². The van der Waals surface area contributed by atoms with Crippen molar-refractivity contribution in [2.45, 2.75) is 26.7 Å². The molecule has 0 aliphatic rings. The van der Waals surface area contributed by atoms with Crippen LogP contribution in [0.2, 0.25) is 0 Å². The summed E-state index contributed by atoms with van der Waals surface area (Å²) in [5, 5.41) is 15.0. The summed E-state index contributed by atoms with van der Waals surface area (Å²) in [6.45, 7) is 4.09. The maximum absolute atomic E-state index is 4.46. The number of rotatable bonds is 7. The molecule has 0 amide bonds. The van der Waals surface area contributed by atoms with Crippen LogP contribution in [-0.2, 0) is 12.8 Å². The second kappa shape index (κ2) is 13.1. The SMILES string of the molecule is Cc1[nH]nc(C=Cc2ccccc2)c1-c1ccncc1.Cc1[nH]nc(CCc2ccccc2)c1-c1ccncc1. The molecular weight excluding hydrogens is 492 g/mol. The first-order valence-corrected chi connectivity index (χ1v) is 13.4. The van der Waals surface area contributed by atoms with Crippen LogP contribution >= 0.6 is 0 Å². The fourth-order valence-corrected chi connectivity index (χ4v) is 4.66. The van der Waals surface area contributed by atoms with E-state index in [2.05, 4.69) is 79.8 Å². The van der Waals surface area contributed by atoms with Crippen LogP contribution in [0.5, 0.6) is 0 Å². The zero-order chi connectivity index (χ0) is 27.6. The first kappa shape index (κ1) is 26.5. The minimum atomic E-state index is 0.937. The van der Waals surface area contributed by atoms with E-state index in [1.165, 1.54) is 16.7 Å². The average molecular weight is 525 g/mol. The number of aromatic nitrogens is 6. The highest BCUT2D eigenvalue weighted by Gasteiger charge is 2.12. The summed E-state index contributed by atoms with van der Waals surface area (Å²) >= 11 is 0. The normalized spacial score (nSPS) is 10.8. The lowest BCUT2D eigenvalue weighted by atomic mass is 10.0. The first-order chi connectivity index (χ1) is 19.7. The second-order valence-electron chi connectivity index (χ2n) is 9.48. The highest BCUT2D eigenvalue weighted by atomic mass is 15.1. The Morgan fingerprint density at radius 2 is 1.12 bits per heavy atom. The molecular formula is C34H32N6. The van der Waals surface area contributed by atoms with E-state index in [9.17, 15) is 0 Å². The molecule has 6 rings (SSSR count). The molecule has 2 N–H and O–H groups in total. The van der Waals surface area contributed by atoms with Crippen molar-refractivity contribution in [2.75, 3.05) is 0 Å². The number of hydrogen-bond donors (Lipinski definition) is 2. The molecule has 0 saturated heterocycles. The van der Waals surface area contributed by atoms with Crippen molar-refractivity contribution in [1.82, 2.24) is 30.4 Å². The summed E-state index contributed by atoms with van der Waals surface area (Å²) in [7, 11) is 0. The third-order valence-electron chi connectivity index (χ3n) is 6.66. The predicted molar refractivity (Wildman–Crippen MR) is 162 cm³/mol. The van der Waals surface area contributed by atoms with Gasteiger partial charge in [-0.1, -0.05) is 66.7 Å². The van der Waals surface area contributed by atoms with Crippen LogP contribution in [0.1, 0.15) is 33.9 Å². The molecule has 4 aromatic heterocycles. The number of aryl methyl sites for hydroxylation is 4. The second-order valence-corrected chi connectivity index (χ2v) is 9.48. The number of nitrogens with zero attached hydrogens (tertiary/aromatic N) is 4. The molecule has 4 heterocycles. The van der Waals surface area contributed by atoms with Gasteiger partial charge in [0.05, 0.1) is 11.4 Å². The lowest BCUT2D eigenvalue weighted by Gasteiger charge is -2.04. The maximum atomic E-state index is 4.46. The first-order valence-electron chi connectivity index (χ1n) is 13.4. The van der Waals surface area contributed by atoms with Crippen LogP contribution in [-0.4, -0.2) is 30.4 Å². The largest absolute Gasteiger partial charge is 0.282 e. The van der Waals surface area contributed by atoms with Gasteiger partial charge in [0.25, 0.3) is 0 Å². The molecule has 0 aliphatic carbocycles. The van der Waals surface area contributed by atoms with Crippen LogP contribution in [0.25, 0.3) is 34.4 Å². The fourth-order valence-electron chi connectivity index (χ4n) is 4.66. The van der Waals surface area contributed by atoms with Gasteiger partial charge in [0.1, 0.15) is 0 Å². The summed E-state index contributed by atoms with van der Waals surface area (Å²) in [5.41, 5.74) is 11.4. The fraction of sp³-hybridized carbons (Fsp3) is 0.118. The Hall–Kier alpha value is -5.10. The van der Waals surface area contributed by atoms with Crippen LogP contribution in [0.4, 0.5) is 0 Å². The predicted octanol–water partition coefficient (Wildman–Crippen LogP) is 7.52. The molecule has 6 heteroatoms. The third-order valence-corrected chi connectivity index (χ3v) is 6.66. The highest BCUT2D eigenvalue weighted by molar-refractivity contribution is 5.80. The van der Waals surface area contributed by atoms with Crippen molar-refractivity contribution in [3.05, 3.63) is 144 Å². The van der Waals surface area contributed by atoms with Gasteiger partial charge in [-0.15, -0.1) is 0 Å². The van der Waals surface area contributed by atoms with Crippen molar-refractivity contribution in [1.29, 1.82) is 0 Å². The van der Waals surface area contributed by atoms with E-state index < -0.39 is 0 Å². The van der Waals surface area contributed by atoms with Crippen LogP contribution in [0.15, 0.2) is 110 Å². The van der Waals surface area contributed by atoms with Gasteiger partial charge in [0.2, 0.25) is 0 Å². The van der Waals surface area contributed by atoms with Gasteiger partial charge in [0.15, 0.2) is 0 Å². The van der Waals surface area contributed by atoms with E-state index in [1.807, 2.05) is 73.9 Å². The summed E-state index contributed by atoms with van der Waals surface area (Å²) in [6.07, 6.45) is 13.3. The summed E-state index contributed by atoms with van der Waals surface area (Å²) in [5.74, 6) is 0. The molecule has 198 valence electrons. The highest BCUT2D eigenvalue weighted by Crippen LogP contribution is 2.27. The van der Waals surface area contributed by atoms with E-state index in [-0.39, 0.29) is 0 Å². The van der Waals surface area contributed by atoms with Crippen molar-refractivity contribution in [2.24, 2.45) is 0 Å². The molecule has 40 heavy (non-hydrogen) atoms. The molecule has 0 saturated carbocycles. The summed E-state index contributed by atoms with van der Waals surface area (Å²) in [6, 6.07) is 28.8. The Bertz CT molecular complexity index is 1640. The van der Waals surface area contributed by atoms with Crippen molar-refractivity contribution < 1.29 is 0 Å². The smallest absolute Gasteiger partial charge is 0.0929 e. The van der Waals surface area contributed by atoms with Crippen molar-refractivity contribution in [3.8, 4) is 22.3 Å². The molecule has 0 atom stereocenters. The number of benzene rings is 2. The average Bonchev–Trinajstić information content (AvgIpc) is 3.58. The van der Waals surface area contributed by atoms with Crippen LogP contribution in [0.3, 0.4) is 0 Å². The maximum Gasteiger partial charge on any atom is 0.0929 e. The number of pyridine rings is 2. The minimum Gasteiger partial charge on any atom is -0.282 e. The van der Waals surface area contributed by atoms with Gasteiger partial charge in [-0.25, -0.2) is 0 Å². The number of hydrogen-bond acceptors (Lipinski definition) is 4. The lowest BCUT2D eigenvalue weighted by Crippen LogP contribution is -1.94. The van der Waals surface area contributed by atoms with Gasteiger partial charge in [-0.05, 0) is 79.3 Å². The number of H-pyrrole nitrogens is 2. The topological polar surface area (TPSA) is 83.1 Å². The lowest BCUT2D eigenvalue weighted by molar-refractivity contribution is 0.891. The molecule has 6 aromatic rings. The molecule has 2 aromatic carbocycles. The van der Waals surface area contributed by atoms with E-state index in [1.54, 1.807) is 12.4 Å². The van der Waals surface area contributed by atoms with Gasteiger partial charge in [-0.2, -0.15) is 10.2 Å². The Balaban J connectivity index is 0.000000161. The molecule has 0 unspecified atom stereocenters. The monoisotopic (exact) mass is 524 g/mol. The zero-order valence-corrected chi connectivity index (χ0v) is 22.8. The molecule has 6 nitrogen and oxygen atoms in total. The Kier molecular flexibility index (Phi) is 8.69. The molecule has 0 fully saturated rings. The van der Waals surface area contributed by atoms with E-state index in [0.29, 0.717) is 0 Å². The van der Waals surface area contributed by atoms with Gasteiger partial charge in [0, 0.05) is 47.3 Å². The van der Waals surface area contributed by atoms with E-state index in [4.69, 9.17) is 0 Å². The number of nitrogens with one attached hydrogen (secondary N) is 2. The number of aromatic amines is 2. The Labute approximate surface area is 234 Å². The minimum absolute atomic E-state index is 0.937. The van der Waals surface area contributed by atoms with E-state index in [0.717, 1.165) is 52.3 Å². The van der Waals surface area contributed by atoms with Gasteiger partial charge < -0.3 is 0 Å². The van der Waals surface area contributed by atoms with Gasteiger partial charge >= 0.3 is 0 Å². The zero-order valence-electron chi connectivity index (χ0n) is 22.8. The molecule has 0 aliphatic heterocycles. The Morgan fingerprint density at radius 3 is 1.77 bits per heavy atom. The third kappa shape index (κ3) is 6.66. The van der Waals surface area contributed by atoms with Crippen LogP contribution in [0, 0.1) is 13.8 Å². The van der Waals surface area contributed by atoms with Crippen LogP contribution < -0.4 is 0 Å². The summed E-state index contributed by atoms with van der Waals surface area (Å²) < 4.78 is 0. The summed E-state index contributed by atoms with van der Waals surface area (Å²) in [4.78, 5) is 8.14. The van der Waals surface area contributed by atoms with Gasteiger partial charge in [-0.3, -0.25) is 20.2 Å². The standard InChI is InChI=1S/C17H17N3.C17H15N3/c2*1-13-17(15-9-11-18-12-10-15)16(20-19-13)8-7-14-5-3-2-4-6-14/h2-6,9-12H,7-8H2,1H3,(H,19,20);2-12H,1H3,(H,19,20). The molecule has 0 spiro atoms. The van der Waals surface area contributed by atoms with Crippen molar-refractivity contribution >= 4 is 12.2 Å². The molecule has 0 radical (unpaired) electrons. The quantitative estimate of drug-likeness (QED) is 0.226. The molecule has 0 bridgehead atoms. The van der Waals surface area contributed by atoms with E-state index >= 15 is 0 Å². The Morgan fingerprint density at radius 1 is 0.575 bits per heavy atom.